The second kappa shape index (κ2) is 3.82. The minimum absolute atomic E-state index is 0.652. The smallest absolute Gasteiger partial charge is 0.0685 e. The molecule has 0 aliphatic heterocycles. The van der Waals surface area contributed by atoms with Gasteiger partial charge in [0.2, 0.25) is 0 Å². The van der Waals surface area contributed by atoms with Gasteiger partial charge in [-0.3, -0.25) is 5.10 Å². The van der Waals surface area contributed by atoms with E-state index in [9.17, 15) is 0 Å². The van der Waals surface area contributed by atoms with Gasteiger partial charge in [0.15, 0.2) is 0 Å². The normalized spacial score (nSPS) is 11.4. The van der Waals surface area contributed by atoms with Crippen LogP contribution in [-0.2, 0) is 0 Å². The molecule has 0 spiro atoms. The van der Waals surface area contributed by atoms with Gasteiger partial charge >= 0.3 is 0 Å². The SMILES string of the molecule is CCC(CC)c1cccc2cn[nH]c12. The Labute approximate surface area is 84.3 Å². The second-order valence-electron chi connectivity index (χ2n) is 3.69. The third-order valence-electron chi connectivity index (χ3n) is 2.93. The van der Waals surface area contributed by atoms with Crippen LogP contribution in [0.15, 0.2) is 24.4 Å². The Bertz CT molecular complexity index is 413. The van der Waals surface area contributed by atoms with E-state index in [0.717, 1.165) is 0 Å². The largest absolute Gasteiger partial charge is 0.278 e. The van der Waals surface area contributed by atoms with Crippen LogP contribution in [0.25, 0.3) is 10.9 Å². The van der Waals surface area contributed by atoms with Gasteiger partial charge in [-0.1, -0.05) is 32.0 Å². The first-order valence-electron chi connectivity index (χ1n) is 5.28. The average Bonchev–Trinajstić information content (AvgIpc) is 2.68. The number of hydrogen-bond donors (Lipinski definition) is 1. The van der Waals surface area contributed by atoms with Crippen molar-refractivity contribution in [1.82, 2.24) is 10.2 Å². The van der Waals surface area contributed by atoms with E-state index >= 15 is 0 Å². The van der Waals surface area contributed by atoms with Gasteiger partial charge in [0.25, 0.3) is 0 Å². The number of fused-ring (bicyclic) bond motifs is 1. The average molecular weight is 188 g/mol. The molecule has 2 nitrogen and oxygen atoms in total. The number of para-hydroxylation sites is 1. The summed E-state index contributed by atoms with van der Waals surface area (Å²) in [5, 5.41) is 8.39. The summed E-state index contributed by atoms with van der Waals surface area (Å²) in [7, 11) is 0. The van der Waals surface area contributed by atoms with Gasteiger partial charge in [0.1, 0.15) is 0 Å². The molecule has 0 atom stereocenters. The van der Waals surface area contributed by atoms with E-state index in [1.807, 2.05) is 6.20 Å². The van der Waals surface area contributed by atoms with E-state index in [-0.39, 0.29) is 0 Å². The molecular formula is C12H16N2. The van der Waals surface area contributed by atoms with Gasteiger partial charge in [-0.25, -0.2) is 0 Å². The topological polar surface area (TPSA) is 28.7 Å². The summed E-state index contributed by atoms with van der Waals surface area (Å²) in [6.07, 6.45) is 4.27. The zero-order chi connectivity index (χ0) is 9.97. The Kier molecular flexibility index (Phi) is 2.53. The molecule has 74 valence electrons. The molecule has 0 bridgehead atoms. The van der Waals surface area contributed by atoms with Crippen molar-refractivity contribution < 1.29 is 0 Å². The van der Waals surface area contributed by atoms with Crippen molar-refractivity contribution in [2.75, 3.05) is 0 Å². The van der Waals surface area contributed by atoms with Crippen LogP contribution in [-0.4, -0.2) is 10.2 Å². The lowest BCUT2D eigenvalue weighted by Gasteiger charge is -2.13. The van der Waals surface area contributed by atoms with Crippen molar-refractivity contribution in [3.05, 3.63) is 30.0 Å². The summed E-state index contributed by atoms with van der Waals surface area (Å²) in [6.45, 7) is 4.48. The molecule has 0 radical (unpaired) electrons. The Morgan fingerprint density at radius 1 is 1.29 bits per heavy atom. The summed E-state index contributed by atoms with van der Waals surface area (Å²) in [4.78, 5) is 0. The first-order chi connectivity index (χ1) is 6.86. The zero-order valence-corrected chi connectivity index (χ0v) is 8.75. The molecule has 1 N–H and O–H groups in total. The second-order valence-corrected chi connectivity index (χ2v) is 3.69. The van der Waals surface area contributed by atoms with Gasteiger partial charge in [0, 0.05) is 5.39 Å². The zero-order valence-electron chi connectivity index (χ0n) is 8.75. The molecule has 0 saturated carbocycles. The Balaban J connectivity index is 2.54. The molecule has 0 unspecified atom stereocenters. The molecule has 1 heterocycles. The molecule has 1 aromatic carbocycles. The number of rotatable bonds is 3. The Morgan fingerprint density at radius 3 is 2.79 bits per heavy atom. The van der Waals surface area contributed by atoms with Crippen LogP contribution in [0.1, 0.15) is 38.2 Å². The minimum atomic E-state index is 0.652. The van der Waals surface area contributed by atoms with Crippen LogP contribution < -0.4 is 0 Å². The number of hydrogen-bond acceptors (Lipinski definition) is 1. The fourth-order valence-corrected chi connectivity index (χ4v) is 2.06. The van der Waals surface area contributed by atoms with Crippen LogP contribution in [0.2, 0.25) is 0 Å². The molecule has 2 aromatic rings. The van der Waals surface area contributed by atoms with Gasteiger partial charge in [0.05, 0.1) is 11.7 Å². The maximum Gasteiger partial charge on any atom is 0.0685 e. The molecule has 0 aliphatic rings. The minimum Gasteiger partial charge on any atom is -0.278 e. The maximum absolute atomic E-state index is 4.09. The predicted octanol–water partition coefficient (Wildman–Crippen LogP) is 3.47. The summed E-state index contributed by atoms with van der Waals surface area (Å²) < 4.78 is 0. The van der Waals surface area contributed by atoms with E-state index < -0.39 is 0 Å². The van der Waals surface area contributed by atoms with Crippen molar-refractivity contribution in [1.29, 1.82) is 0 Å². The summed E-state index contributed by atoms with van der Waals surface area (Å²) in [5.41, 5.74) is 2.62. The first kappa shape index (κ1) is 9.25. The van der Waals surface area contributed by atoms with Gasteiger partial charge in [-0.2, -0.15) is 5.10 Å². The number of nitrogens with one attached hydrogen (secondary N) is 1. The lowest BCUT2D eigenvalue weighted by molar-refractivity contribution is 0.645. The molecule has 0 aliphatic carbocycles. The Morgan fingerprint density at radius 2 is 2.07 bits per heavy atom. The molecule has 2 rings (SSSR count). The summed E-state index contributed by atoms with van der Waals surface area (Å²) in [5.74, 6) is 0.652. The third kappa shape index (κ3) is 1.41. The lowest BCUT2D eigenvalue weighted by Crippen LogP contribution is -1.96. The predicted molar refractivity (Wildman–Crippen MR) is 59.4 cm³/mol. The van der Waals surface area contributed by atoms with Crippen LogP contribution >= 0.6 is 0 Å². The monoisotopic (exact) mass is 188 g/mol. The van der Waals surface area contributed by atoms with E-state index in [4.69, 9.17) is 0 Å². The van der Waals surface area contributed by atoms with Crippen LogP contribution in [0, 0.1) is 0 Å². The molecule has 0 amide bonds. The van der Waals surface area contributed by atoms with Crippen molar-refractivity contribution in [3.63, 3.8) is 0 Å². The van der Waals surface area contributed by atoms with E-state index in [0.29, 0.717) is 5.92 Å². The fraction of sp³-hybridized carbons (Fsp3) is 0.417. The van der Waals surface area contributed by atoms with Crippen LogP contribution in [0.3, 0.4) is 0 Å². The summed E-state index contributed by atoms with van der Waals surface area (Å²) in [6, 6.07) is 6.42. The third-order valence-corrected chi connectivity index (χ3v) is 2.93. The summed E-state index contributed by atoms with van der Waals surface area (Å²) >= 11 is 0. The van der Waals surface area contributed by atoms with Crippen molar-refractivity contribution in [3.8, 4) is 0 Å². The van der Waals surface area contributed by atoms with E-state index in [2.05, 4.69) is 42.2 Å². The van der Waals surface area contributed by atoms with E-state index in [1.165, 1.54) is 29.3 Å². The Hall–Kier alpha value is -1.31. The van der Waals surface area contributed by atoms with Crippen molar-refractivity contribution in [2.45, 2.75) is 32.6 Å². The first-order valence-corrected chi connectivity index (χ1v) is 5.28. The molecule has 1 aromatic heterocycles. The maximum atomic E-state index is 4.09. The molecule has 14 heavy (non-hydrogen) atoms. The van der Waals surface area contributed by atoms with E-state index in [1.54, 1.807) is 0 Å². The van der Waals surface area contributed by atoms with Crippen LogP contribution in [0.4, 0.5) is 0 Å². The highest BCUT2D eigenvalue weighted by molar-refractivity contribution is 5.81. The van der Waals surface area contributed by atoms with Gasteiger partial charge in [-0.05, 0) is 24.3 Å². The number of H-pyrrole nitrogens is 1. The number of nitrogens with zero attached hydrogens (tertiary/aromatic N) is 1. The van der Waals surface area contributed by atoms with Crippen molar-refractivity contribution >= 4 is 10.9 Å². The van der Waals surface area contributed by atoms with Gasteiger partial charge in [-0.15, -0.1) is 0 Å². The molecule has 0 fully saturated rings. The number of aromatic nitrogens is 2. The molecule has 2 heteroatoms. The highest BCUT2D eigenvalue weighted by Gasteiger charge is 2.10. The highest BCUT2D eigenvalue weighted by Crippen LogP contribution is 2.28. The number of aromatic amines is 1. The van der Waals surface area contributed by atoms with Crippen molar-refractivity contribution in [2.24, 2.45) is 0 Å². The quantitative estimate of drug-likeness (QED) is 0.785. The fourth-order valence-electron chi connectivity index (χ4n) is 2.06. The lowest BCUT2D eigenvalue weighted by atomic mass is 9.92. The number of benzene rings is 1. The van der Waals surface area contributed by atoms with Gasteiger partial charge < -0.3 is 0 Å². The molecular weight excluding hydrogens is 172 g/mol. The van der Waals surface area contributed by atoms with Crippen LogP contribution in [0.5, 0.6) is 0 Å². The molecule has 0 saturated heterocycles. The standard InChI is InChI=1S/C12H16N2/c1-3-9(4-2)11-7-5-6-10-8-13-14-12(10)11/h5-9H,3-4H2,1-2H3,(H,13,14). The highest BCUT2D eigenvalue weighted by atomic mass is 15.1.